The first-order valence-electron chi connectivity index (χ1n) is 7.63. The number of thiazole rings is 1. The highest BCUT2D eigenvalue weighted by atomic mass is 35.5. The number of aromatic nitrogens is 1. The summed E-state index contributed by atoms with van der Waals surface area (Å²) in [5, 5.41) is 3.58. The second-order valence-corrected chi connectivity index (χ2v) is 6.55. The predicted octanol–water partition coefficient (Wildman–Crippen LogP) is 3.86. The fraction of sp³-hybridized carbons (Fsp3) is 0.412. The third-order valence-electron chi connectivity index (χ3n) is 4.22. The van der Waals surface area contributed by atoms with Crippen LogP contribution in [-0.4, -0.2) is 17.4 Å². The minimum absolute atomic E-state index is 0. The SMILES string of the molecule is CCC(CC)(CN)C(=O)Nc1ncc(Cc2ccccc2)s1.Cl. The van der Waals surface area contributed by atoms with Gasteiger partial charge in [-0.3, -0.25) is 4.79 Å². The van der Waals surface area contributed by atoms with Crippen molar-refractivity contribution in [1.82, 2.24) is 4.98 Å². The van der Waals surface area contributed by atoms with Gasteiger partial charge >= 0.3 is 0 Å². The van der Waals surface area contributed by atoms with Crippen LogP contribution in [0.1, 0.15) is 37.1 Å². The van der Waals surface area contributed by atoms with Crippen LogP contribution >= 0.6 is 23.7 Å². The van der Waals surface area contributed by atoms with Crippen LogP contribution in [0.3, 0.4) is 0 Å². The number of rotatable bonds is 7. The molecule has 6 heteroatoms. The first-order valence-corrected chi connectivity index (χ1v) is 8.45. The molecular weight excluding hydrogens is 330 g/mol. The van der Waals surface area contributed by atoms with Gasteiger partial charge in [-0.2, -0.15) is 0 Å². The molecule has 0 aliphatic rings. The number of halogens is 1. The van der Waals surface area contributed by atoms with Gasteiger partial charge in [0, 0.05) is 24.0 Å². The summed E-state index contributed by atoms with van der Waals surface area (Å²) in [6, 6.07) is 10.2. The quantitative estimate of drug-likeness (QED) is 0.794. The Morgan fingerprint density at radius 1 is 1.26 bits per heavy atom. The standard InChI is InChI=1S/C17H23N3OS.ClH/c1-3-17(4-2,12-18)15(21)20-16-19-11-14(22-16)10-13-8-6-5-7-9-13;/h5-9,11H,3-4,10,12,18H2,1-2H3,(H,19,20,21);1H. The summed E-state index contributed by atoms with van der Waals surface area (Å²) < 4.78 is 0. The first kappa shape index (κ1) is 19.6. The average molecular weight is 354 g/mol. The molecule has 0 radical (unpaired) electrons. The highest BCUT2D eigenvalue weighted by Crippen LogP contribution is 2.28. The average Bonchev–Trinajstić information content (AvgIpc) is 2.97. The zero-order valence-corrected chi connectivity index (χ0v) is 15.2. The van der Waals surface area contributed by atoms with Gasteiger partial charge < -0.3 is 11.1 Å². The molecule has 3 N–H and O–H groups in total. The zero-order chi connectivity index (χ0) is 16.0. The normalized spacial score (nSPS) is 10.9. The van der Waals surface area contributed by atoms with Gasteiger partial charge in [0.1, 0.15) is 0 Å². The summed E-state index contributed by atoms with van der Waals surface area (Å²) in [6.45, 7) is 4.35. The molecule has 0 saturated carbocycles. The van der Waals surface area contributed by atoms with Crippen molar-refractivity contribution >= 4 is 34.8 Å². The molecule has 0 saturated heterocycles. The van der Waals surface area contributed by atoms with Crippen LogP contribution in [0.25, 0.3) is 0 Å². The van der Waals surface area contributed by atoms with E-state index in [1.807, 2.05) is 38.2 Å². The van der Waals surface area contributed by atoms with Crippen LogP contribution in [0.4, 0.5) is 5.13 Å². The fourth-order valence-corrected chi connectivity index (χ4v) is 3.27. The van der Waals surface area contributed by atoms with Crippen LogP contribution in [0.5, 0.6) is 0 Å². The van der Waals surface area contributed by atoms with Crippen molar-refractivity contribution in [2.24, 2.45) is 11.1 Å². The van der Waals surface area contributed by atoms with Gasteiger partial charge in [0.2, 0.25) is 5.91 Å². The van der Waals surface area contributed by atoms with Gasteiger partial charge in [-0.25, -0.2) is 4.98 Å². The van der Waals surface area contributed by atoms with Gasteiger partial charge in [-0.15, -0.1) is 23.7 Å². The van der Waals surface area contributed by atoms with Gasteiger partial charge in [0.05, 0.1) is 5.41 Å². The third kappa shape index (κ3) is 4.77. The number of nitrogens with zero attached hydrogens (tertiary/aromatic N) is 1. The lowest BCUT2D eigenvalue weighted by atomic mass is 9.81. The van der Waals surface area contributed by atoms with Gasteiger partial charge in [-0.1, -0.05) is 44.2 Å². The van der Waals surface area contributed by atoms with Crippen molar-refractivity contribution in [2.45, 2.75) is 33.1 Å². The molecular formula is C17H24ClN3OS. The van der Waals surface area contributed by atoms with E-state index in [-0.39, 0.29) is 18.3 Å². The molecule has 1 aromatic carbocycles. The number of benzene rings is 1. The Labute approximate surface area is 147 Å². The lowest BCUT2D eigenvalue weighted by Gasteiger charge is -2.27. The van der Waals surface area contributed by atoms with Crippen molar-refractivity contribution < 1.29 is 4.79 Å². The molecule has 2 rings (SSSR count). The van der Waals surface area contributed by atoms with Crippen molar-refractivity contribution in [3.8, 4) is 0 Å². The van der Waals surface area contributed by atoms with E-state index in [2.05, 4.69) is 22.4 Å². The molecule has 0 aliphatic heterocycles. The van der Waals surface area contributed by atoms with E-state index in [9.17, 15) is 4.79 Å². The maximum Gasteiger partial charge on any atom is 0.233 e. The second kappa shape index (κ2) is 9.01. The van der Waals surface area contributed by atoms with E-state index in [4.69, 9.17) is 5.73 Å². The smallest absolute Gasteiger partial charge is 0.233 e. The van der Waals surface area contributed by atoms with E-state index in [1.165, 1.54) is 16.9 Å². The molecule has 1 heterocycles. The van der Waals surface area contributed by atoms with Gasteiger partial charge in [-0.05, 0) is 18.4 Å². The summed E-state index contributed by atoms with van der Waals surface area (Å²) in [5.41, 5.74) is 6.56. The molecule has 4 nitrogen and oxygen atoms in total. The molecule has 2 aromatic rings. The lowest BCUT2D eigenvalue weighted by molar-refractivity contribution is -0.125. The van der Waals surface area contributed by atoms with Crippen molar-refractivity contribution in [3.63, 3.8) is 0 Å². The van der Waals surface area contributed by atoms with Crippen LogP contribution in [0, 0.1) is 5.41 Å². The summed E-state index contributed by atoms with van der Waals surface area (Å²) in [4.78, 5) is 17.9. The Kier molecular flexibility index (Phi) is 7.68. The Balaban J connectivity index is 0.00000264. The Bertz CT molecular complexity index is 603. The van der Waals surface area contributed by atoms with Gasteiger partial charge in [0.15, 0.2) is 5.13 Å². The molecule has 0 unspecified atom stereocenters. The van der Waals surface area contributed by atoms with E-state index >= 15 is 0 Å². The Morgan fingerprint density at radius 3 is 2.48 bits per heavy atom. The van der Waals surface area contributed by atoms with Crippen LogP contribution < -0.4 is 11.1 Å². The van der Waals surface area contributed by atoms with Crippen molar-refractivity contribution in [1.29, 1.82) is 0 Å². The zero-order valence-electron chi connectivity index (χ0n) is 13.5. The Hall–Kier alpha value is -1.43. The first-order chi connectivity index (χ1) is 10.6. The maximum atomic E-state index is 12.5. The molecule has 0 aliphatic carbocycles. The van der Waals surface area contributed by atoms with Crippen molar-refractivity contribution in [2.75, 3.05) is 11.9 Å². The number of hydrogen-bond donors (Lipinski definition) is 2. The third-order valence-corrected chi connectivity index (χ3v) is 5.13. The summed E-state index contributed by atoms with van der Waals surface area (Å²) >= 11 is 1.52. The van der Waals surface area contributed by atoms with Gasteiger partial charge in [0.25, 0.3) is 0 Å². The monoisotopic (exact) mass is 353 g/mol. The second-order valence-electron chi connectivity index (χ2n) is 5.44. The van der Waals surface area contributed by atoms with Crippen LogP contribution in [0.2, 0.25) is 0 Å². The molecule has 1 amide bonds. The molecule has 126 valence electrons. The van der Waals surface area contributed by atoms with E-state index in [0.717, 1.165) is 24.1 Å². The molecule has 0 bridgehead atoms. The van der Waals surface area contributed by atoms with Crippen LogP contribution in [-0.2, 0) is 11.2 Å². The number of nitrogens with one attached hydrogen (secondary N) is 1. The molecule has 0 atom stereocenters. The molecule has 0 spiro atoms. The molecule has 1 aromatic heterocycles. The minimum atomic E-state index is -0.495. The fourth-order valence-electron chi connectivity index (χ4n) is 2.43. The van der Waals surface area contributed by atoms with E-state index in [0.29, 0.717) is 11.7 Å². The number of hydrogen-bond acceptors (Lipinski definition) is 4. The number of nitrogens with two attached hydrogens (primary N) is 1. The van der Waals surface area contributed by atoms with Crippen LogP contribution in [0.15, 0.2) is 36.5 Å². The molecule has 0 fully saturated rings. The largest absolute Gasteiger partial charge is 0.329 e. The Morgan fingerprint density at radius 2 is 1.91 bits per heavy atom. The number of carbonyl (C=O) groups is 1. The maximum absolute atomic E-state index is 12.5. The number of anilines is 1. The summed E-state index contributed by atoms with van der Waals surface area (Å²) in [6.07, 6.45) is 4.12. The highest BCUT2D eigenvalue weighted by molar-refractivity contribution is 7.15. The predicted molar refractivity (Wildman–Crippen MR) is 99.3 cm³/mol. The number of carbonyl (C=O) groups excluding carboxylic acids is 1. The van der Waals surface area contributed by atoms with Crippen molar-refractivity contribution in [3.05, 3.63) is 47.0 Å². The highest BCUT2D eigenvalue weighted by Gasteiger charge is 2.33. The van der Waals surface area contributed by atoms with E-state index < -0.39 is 5.41 Å². The minimum Gasteiger partial charge on any atom is -0.329 e. The molecule has 23 heavy (non-hydrogen) atoms. The lowest BCUT2D eigenvalue weighted by Crippen LogP contribution is -2.41. The van der Waals surface area contributed by atoms with E-state index in [1.54, 1.807) is 0 Å². The topological polar surface area (TPSA) is 68.0 Å². The summed E-state index contributed by atoms with van der Waals surface area (Å²) in [7, 11) is 0. The number of amides is 1. The summed E-state index contributed by atoms with van der Waals surface area (Å²) in [5.74, 6) is -0.0272.